The van der Waals surface area contributed by atoms with Gasteiger partial charge in [0.15, 0.2) is 5.13 Å². The largest absolute Gasteiger partial charge is 0.356 e. The van der Waals surface area contributed by atoms with Crippen molar-refractivity contribution in [2.45, 2.75) is 51.9 Å². The van der Waals surface area contributed by atoms with E-state index in [2.05, 4.69) is 17.2 Å². The van der Waals surface area contributed by atoms with E-state index in [-0.39, 0.29) is 11.8 Å². The summed E-state index contributed by atoms with van der Waals surface area (Å²) in [5, 5.41) is 5.52. The van der Waals surface area contributed by atoms with Crippen LogP contribution < -0.4 is 10.2 Å². The Labute approximate surface area is 129 Å². The van der Waals surface area contributed by atoms with Gasteiger partial charge in [-0.3, -0.25) is 14.5 Å². The molecule has 21 heavy (non-hydrogen) atoms. The lowest BCUT2D eigenvalue weighted by Gasteiger charge is -2.10. The second-order valence-corrected chi connectivity index (χ2v) is 6.19. The van der Waals surface area contributed by atoms with Crippen molar-refractivity contribution in [1.29, 1.82) is 0 Å². The molecule has 0 bridgehead atoms. The lowest BCUT2D eigenvalue weighted by atomic mass is 10.2. The van der Waals surface area contributed by atoms with Gasteiger partial charge in [-0.15, -0.1) is 11.3 Å². The van der Waals surface area contributed by atoms with Crippen molar-refractivity contribution in [3.63, 3.8) is 0 Å². The highest BCUT2D eigenvalue weighted by Crippen LogP contribution is 2.25. The molecule has 0 saturated carbocycles. The Morgan fingerprint density at radius 1 is 1.43 bits per heavy atom. The highest BCUT2D eigenvalue weighted by molar-refractivity contribution is 7.14. The Hall–Kier alpha value is -1.43. The van der Waals surface area contributed by atoms with Gasteiger partial charge in [0.25, 0.3) is 0 Å². The molecule has 0 aliphatic carbocycles. The Balaban J connectivity index is 1.74. The van der Waals surface area contributed by atoms with Crippen LogP contribution in [0.4, 0.5) is 5.13 Å². The first-order chi connectivity index (χ1) is 10.2. The first-order valence-electron chi connectivity index (χ1n) is 7.72. The predicted molar refractivity (Wildman–Crippen MR) is 84.6 cm³/mol. The highest BCUT2D eigenvalue weighted by Gasteiger charge is 2.24. The zero-order valence-corrected chi connectivity index (χ0v) is 13.4. The van der Waals surface area contributed by atoms with E-state index < -0.39 is 0 Å². The summed E-state index contributed by atoms with van der Waals surface area (Å²) in [7, 11) is 0. The minimum atomic E-state index is 0.0103. The number of hydrogen-bond donors (Lipinski definition) is 1. The second kappa shape index (κ2) is 8.12. The maximum absolute atomic E-state index is 11.8. The fraction of sp³-hybridized carbons (Fsp3) is 0.667. The van der Waals surface area contributed by atoms with Crippen LogP contribution in [0.5, 0.6) is 0 Å². The average molecular weight is 309 g/mol. The van der Waals surface area contributed by atoms with Crippen molar-refractivity contribution < 1.29 is 9.59 Å². The number of rotatable bonds is 8. The third-order valence-electron chi connectivity index (χ3n) is 3.54. The van der Waals surface area contributed by atoms with E-state index in [9.17, 15) is 9.59 Å². The Kier molecular flexibility index (Phi) is 6.17. The Morgan fingerprint density at radius 2 is 2.29 bits per heavy atom. The summed E-state index contributed by atoms with van der Waals surface area (Å²) in [6.07, 6.45) is 6.41. The topological polar surface area (TPSA) is 62.3 Å². The summed E-state index contributed by atoms with van der Waals surface area (Å²) in [6, 6.07) is 0. The van der Waals surface area contributed by atoms with Gasteiger partial charge in [-0.2, -0.15) is 0 Å². The van der Waals surface area contributed by atoms with Crippen LogP contribution in [0.15, 0.2) is 5.38 Å². The molecule has 2 heterocycles. The first kappa shape index (κ1) is 15.9. The van der Waals surface area contributed by atoms with E-state index in [4.69, 9.17) is 0 Å². The van der Waals surface area contributed by atoms with E-state index in [1.165, 1.54) is 24.2 Å². The van der Waals surface area contributed by atoms with Crippen molar-refractivity contribution in [2.24, 2.45) is 0 Å². The normalized spacial score (nSPS) is 14.7. The summed E-state index contributed by atoms with van der Waals surface area (Å²) in [4.78, 5) is 29.6. The molecular weight excluding hydrogens is 286 g/mol. The average Bonchev–Trinajstić information content (AvgIpc) is 3.07. The van der Waals surface area contributed by atoms with Gasteiger partial charge in [-0.1, -0.05) is 26.2 Å². The molecule has 2 amide bonds. The van der Waals surface area contributed by atoms with Gasteiger partial charge in [-0.05, 0) is 12.8 Å². The molecule has 0 atom stereocenters. The predicted octanol–water partition coefficient (Wildman–Crippen LogP) is 2.51. The number of amides is 2. The summed E-state index contributed by atoms with van der Waals surface area (Å²) in [6.45, 7) is 3.65. The molecule has 1 aliphatic rings. The third kappa shape index (κ3) is 4.81. The fourth-order valence-electron chi connectivity index (χ4n) is 2.36. The van der Waals surface area contributed by atoms with Crippen molar-refractivity contribution >= 4 is 28.3 Å². The van der Waals surface area contributed by atoms with Crippen molar-refractivity contribution in [3.05, 3.63) is 11.1 Å². The smallest absolute Gasteiger partial charge is 0.228 e. The number of anilines is 1. The molecule has 0 unspecified atom stereocenters. The molecule has 1 fully saturated rings. The van der Waals surface area contributed by atoms with Crippen LogP contribution in [-0.4, -0.2) is 29.9 Å². The maximum atomic E-state index is 11.8. The zero-order chi connectivity index (χ0) is 15.1. The van der Waals surface area contributed by atoms with Gasteiger partial charge in [-0.25, -0.2) is 4.98 Å². The number of carbonyl (C=O) groups is 2. The molecule has 0 radical (unpaired) electrons. The molecular formula is C15H23N3O2S. The minimum absolute atomic E-state index is 0.0103. The maximum Gasteiger partial charge on any atom is 0.228 e. The van der Waals surface area contributed by atoms with Crippen molar-refractivity contribution in [1.82, 2.24) is 10.3 Å². The van der Waals surface area contributed by atoms with Crippen LogP contribution in [0.2, 0.25) is 0 Å². The van der Waals surface area contributed by atoms with Gasteiger partial charge in [0.2, 0.25) is 11.8 Å². The Morgan fingerprint density at radius 3 is 3.00 bits per heavy atom. The van der Waals surface area contributed by atoms with Crippen LogP contribution in [0.25, 0.3) is 0 Å². The summed E-state index contributed by atoms with van der Waals surface area (Å²) in [5.41, 5.74) is 0.751. The van der Waals surface area contributed by atoms with Gasteiger partial charge in [0.1, 0.15) is 0 Å². The molecule has 5 nitrogen and oxygen atoms in total. The second-order valence-electron chi connectivity index (χ2n) is 5.36. The number of unbranched alkanes of at least 4 members (excludes halogenated alkanes) is 3. The molecule has 1 aromatic rings. The summed E-state index contributed by atoms with van der Waals surface area (Å²) in [5.74, 6) is 0.146. The molecule has 2 rings (SSSR count). The van der Waals surface area contributed by atoms with Gasteiger partial charge in [0.05, 0.1) is 12.1 Å². The monoisotopic (exact) mass is 309 g/mol. The Bertz CT molecular complexity index is 487. The summed E-state index contributed by atoms with van der Waals surface area (Å²) >= 11 is 1.44. The lowest BCUT2D eigenvalue weighted by molar-refractivity contribution is -0.120. The summed E-state index contributed by atoms with van der Waals surface area (Å²) < 4.78 is 0. The quantitative estimate of drug-likeness (QED) is 0.751. The van der Waals surface area contributed by atoms with Crippen LogP contribution in [0, 0.1) is 0 Å². The van der Waals surface area contributed by atoms with Gasteiger partial charge in [0, 0.05) is 24.9 Å². The number of hydrogen-bond acceptors (Lipinski definition) is 4. The van der Waals surface area contributed by atoms with Gasteiger partial charge >= 0.3 is 0 Å². The lowest BCUT2D eigenvalue weighted by Crippen LogP contribution is -2.26. The van der Waals surface area contributed by atoms with E-state index in [0.717, 1.165) is 43.2 Å². The third-order valence-corrected chi connectivity index (χ3v) is 4.45. The van der Waals surface area contributed by atoms with Crippen LogP contribution in [0.3, 0.4) is 0 Å². The van der Waals surface area contributed by atoms with E-state index >= 15 is 0 Å². The minimum Gasteiger partial charge on any atom is -0.356 e. The molecule has 116 valence electrons. The highest BCUT2D eigenvalue weighted by atomic mass is 32.1. The number of nitrogens with one attached hydrogen (secondary N) is 1. The number of nitrogens with zero attached hydrogens (tertiary/aromatic N) is 2. The molecule has 1 saturated heterocycles. The standard InChI is InChI=1S/C15H23N3O2S/c1-2-3-4-5-8-16-13(19)10-12-11-21-15(17-12)18-9-6-7-14(18)20/h11H,2-10H2,1H3,(H,16,19). The van der Waals surface area contributed by atoms with Crippen LogP contribution in [0.1, 0.15) is 51.1 Å². The van der Waals surface area contributed by atoms with Crippen molar-refractivity contribution in [2.75, 3.05) is 18.0 Å². The number of thiazole rings is 1. The molecule has 1 aliphatic heterocycles. The van der Waals surface area contributed by atoms with E-state index in [0.29, 0.717) is 12.8 Å². The van der Waals surface area contributed by atoms with Gasteiger partial charge < -0.3 is 5.32 Å². The molecule has 1 aromatic heterocycles. The molecule has 0 spiro atoms. The van der Waals surface area contributed by atoms with Crippen LogP contribution >= 0.6 is 11.3 Å². The van der Waals surface area contributed by atoms with Crippen molar-refractivity contribution in [3.8, 4) is 0 Å². The number of aromatic nitrogens is 1. The van der Waals surface area contributed by atoms with Crippen LogP contribution in [-0.2, 0) is 16.0 Å². The number of carbonyl (C=O) groups excluding carboxylic acids is 2. The SMILES string of the molecule is CCCCCCNC(=O)Cc1csc(N2CCCC2=O)n1. The molecule has 1 N–H and O–H groups in total. The zero-order valence-electron chi connectivity index (χ0n) is 12.6. The molecule has 0 aromatic carbocycles. The molecule has 6 heteroatoms. The fourth-order valence-corrected chi connectivity index (χ4v) is 3.23. The first-order valence-corrected chi connectivity index (χ1v) is 8.60. The van der Waals surface area contributed by atoms with E-state index in [1.54, 1.807) is 4.90 Å². The van der Waals surface area contributed by atoms with E-state index in [1.807, 2.05) is 5.38 Å².